The van der Waals surface area contributed by atoms with Crippen molar-refractivity contribution in [2.24, 2.45) is 12.5 Å². The summed E-state index contributed by atoms with van der Waals surface area (Å²) in [4.78, 5) is 0. The van der Waals surface area contributed by atoms with E-state index in [-0.39, 0.29) is 5.41 Å². The number of nitrogens with one attached hydrogen (secondary N) is 1. The van der Waals surface area contributed by atoms with Crippen molar-refractivity contribution >= 4 is 0 Å². The first-order valence-electron chi connectivity index (χ1n) is 5.32. The van der Waals surface area contributed by atoms with Crippen molar-refractivity contribution in [3.05, 3.63) is 11.9 Å². The average Bonchev–Trinajstić information content (AvgIpc) is 2.78. The summed E-state index contributed by atoms with van der Waals surface area (Å²) in [7, 11) is 3.88. The van der Waals surface area contributed by atoms with E-state index in [4.69, 9.17) is 4.74 Å². The summed E-state index contributed by atoms with van der Waals surface area (Å²) < 4.78 is 7.25. The Labute approximate surface area is 89.8 Å². The van der Waals surface area contributed by atoms with E-state index in [1.54, 1.807) is 4.68 Å². The van der Waals surface area contributed by atoms with Crippen LogP contribution in [0.2, 0.25) is 0 Å². The molecule has 1 aliphatic heterocycles. The Morgan fingerprint density at radius 1 is 1.67 bits per heavy atom. The Hall–Kier alpha value is -0.940. The van der Waals surface area contributed by atoms with Crippen LogP contribution in [0, 0.1) is 5.41 Å². The topological polar surface area (TPSA) is 52.0 Å². The molecule has 1 unspecified atom stereocenters. The Morgan fingerprint density at radius 2 is 2.53 bits per heavy atom. The number of hydrogen-bond donors (Lipinski definition) is 1. The molecule has 2 heterocycles. The minimum atomic E-state index is 0.213. The first-order valence-corrected chi connectivity index (χ1v) is 5.32. The fourth-order valence-corrected chi connectivity index (χ4v) is 2.23. The van der Waals surface area contributed by atoms with Crippen LogP contribution in [0.15, 0.2) is 6.20 Å². The number of aryl methyl sites for hydroxylation is 1. The van der Waals surface area contributed by atoms with Crippen molar-refractivity contribution in [1.29, 1.82) is 0 Å². The van der Waals surface area contributed by atoms with E-state index < -0.39 is 0 Å². The van der Waals surface area contributed by atoms with Crippen LogP contribution < -0.4 is 5.32 Å². The number of nitrogens with zero attached hydrogens (tertiary/aromatic N) is 3. The molecule has 1 fully saturated rings. The van der Waals surface area contributed by atoms with E-state index >= 15 is 0 Å². The Morgan fingerprint density at radius 3 is 3.07 bits per heavy atom. The normalized spacial score (nSPS) is 26.0. The summed E-state index contributed by atoms with van der Waals surface area (Å²) in [6.07, 6.45) is 4.03. The molecule has 0 amide bonds. The summed E-state index contributed by atoms with van der Waals surface area (Å²) in [5, 5.41) is 11.3. The van der Waals surface area contributed by atoms with E-state index in [1.165, 1.54) is 0 Å². The molecular formula is C10H18N4O. The first kappa shape index (κ1) is 10.6. The summed E-state index contributed by atoms with van der Waals surface area (Å²) in [5.74, 6) is 0. The lowest BCUT2D eigenvalue weighted by Gasteiger charge is -2.25. The molecule has 1 saturated heterocycles. The minimum Gasteiger partial charge on any atom is -0.381 e. The van der Waals surface area contributed by atoms with Gasteiger partial charge in [-0.15, -0.1) is 5.10 Å². The molecule has 0 aliphatic carbocycles. The third-order valence-corrected chi connectivity index (χ3v) is 2.94. The monoisotopic (exact) mass is 210 g/mol. The SMILES string of the molecule is CNCC1(Cc2cn(C)nn2)CCOC1. The highest BCUT2D eigenvalue weighted by atomic mass is 16.5. The largest absolute Gasteiger partial charge is 0.381 e. The van der Waals surface area contributed by atoms with Crippen LogP contribution in [-0.2, 0) is 18.2 Å². The maximum Gasteiger partial charge on any atom is 0.0833 e. The van der Waals surface area contributed by atoms with Gasteiger partial charge in [0.1, 0.15) is 0 Å². The fourth-order valence-electron chi connectivity index (χ4n) is 2.23. The third kappa shape index (κ3) is 2.35. The molecule has 0 spiro atoms. The first-order chi connectivity index (χ1) is 7.24. The quantitative estimate of drug-likeness (QED) is 0.759. The van der Waals surface area contributed by atoms with Crippen molar-refractivity contribution < 1.29 is 4.74 Å². The van der Waals surface area contributed by atoms with Crippen LogP contribution >= 0.6 is 0 Å². The van der Waals surface area contributed by atoms with Crippen molar-refractivity contribution in [1.82, 2.24) is 20.3 Å². The molecule has 5 nitrogen and oxygen atoms in total. The van der Waals surface area contributed by atoms with Crippen LogP contribution in [0.4, 0.5) is 0 Å². The number of aromatic nitrogens is 3. The fraction of sp³-hybridized carbons (Fsp3) is 0.800. The molecule has 0 radical (unpaired) electrons. The van der Waals surface area contributed by atoms with E-state index in [2.05, 4.69) is 15.6 Å². The van der Waals surface area contributed by atoms with Gasteiger partial charge in [-0.2, -0.15) is 0 Å². The molecule has 1 N–H and O–H groups in total. The highest BCUT2D eigenvalue weighted by Gasteiger charge is 2.35. The number of rotatable bonds is 4. The van der Waals surface area contributed by atoms with Gasteiger partial charge in [0.2, 0.25) is 0 Å². The van der Waals surface area contributed by atoms with Gasteiger partial charge >= 0.3 is 0 Å². The van der Waals surface area contributed by atoms with Crippen molar-refractivity contribution in [3.8, 4) is 0 Å². The second kappa shape index (κ2) is 4.28. The maximum atomic E-state index is 5.50. The molecule has 1 aromatic heterocycles. The van der Waals surface area contributed by atoms with Crippen LogP contribution in [-0.4, -0.2) is 41.8 Å². The van der Waals surface area contributed by atoms with Gasteiger partial charge in [0.05, 0.1) is 12.3 Å². The van der Waals surface area contributed by atoms with E-state index in [9.17, 15) is 0 Å². The second-order valence-corrected chi connectivity index (χ2v) is 4.39. The van der Waals surface area contributed by atoms with Gasteiger partial charge in [0.25, 0.3) is 0 Å². The highest BCUT2D eigenvalue weighted by Crippen LogP contribution is 2.31. The predicted octanol–water partition coefficient (Wildman–Crippen LogP) is -0.0163. The molecule has 84 valence electrons. The average molecular weight is 210 g/mol. The highest BCUT2D eigenvalue weighted by molar-refractivity contribution is 5.01. The summed E-state index contributed by atoms with van der Waals surface area (Å²) >= 11 is 0. The lowest BCUT2D eigenvalue weighted by atomic mass is 9.82. The lowest BCUT2D eigenvalue weighted by Crippen LogP contribution is -2.35. The Bertz CT molecular complexity index is 317. The molecule has 15 heavy (non-hydrogen) atoms. The molecule has 1 aliphatic rings. The number of hydrogen-bond acceptors (Lipinski definition) is 4. The molecule has 1 atom stereocenters. The maximum absolute atomic E-state index is 5.50. The van der Waals surface area contributed by atoms with Gasteiger partial charge in [-0.05, 0) is 13.5 Å². The zero-order valence-electron chi connectivity index (χ0n) is 9.36. The summed E-state index contributed by atoms with van der Waals surface area (Å²) in [5.41, 5.74) is 1.27. The Kier molecular flexibility index (Phi) is 3.02. The Balaban J connectivity index is 2.06. The van der Waals surface area contributed by atoms with Gasteiger partial charge in [-0.3, -0.25) is 4.68 Å². The molecule has 2 rings (SSSR count). The molecular weight excluding hydrogens is 192 g/mol. The van der Waals surface area contributed by atoms with Crippen LogP contribution in [0.3, 0.4) is 0 Å². The van der Waals surface area contributed by atoms with E-state index in [0.717, 1.165) is 38.3 Å². The third-order valence-electron chi connectivity index (χ3n) is 2.94. The standard InChI is InChI=1S/C10H18N4O/c1-11-7-10(3-4-15-8-10)5-9-6-14(2)13-12-9/h6,11H,3-5,7-8H2,1-2H3. The predicted molar refractivity (Wildman–Crippen MR) is 56.5 cm³/mol. The van der Waals surface area contributed by atoms with Gasteiger partial charge in [-0.25, -0.2) is 0 Å². The minimum absolute atomic E-state index is 0.213. The van der Waals surface area contributed by atoms with Gasteiger partial charge in [0, 0.05) is 38.2 Å². The molecule has 0 saturated carbocycles. The smallest absolute Gasteiger partial charge is 0.0833 e. The molecule has 0 aromatic carbocycles. The molecule has 5 heteroatoms. The summed E-state index contributed by atoms with van der Waals surface area (Å²) in [6, 6.07) is 0. The number of ether oxygens (including phenoxy) is 1. The zero-order valence-corrected chi connectivity index (χ0v) is 9.36. The van der Waals surface area contributed by atoms with Crippen LogP contribution in [0.25, 0.3) is 0 Å². The summed E-state index contributed by atoms with van der Waals surface area (Å²) in [6.45, 7) is 2.66. The van der Waals surface area contributed by atoms with Crippen LogP contribution in [0.1, 0.15) is 12.1 Å². The van der Waals surface area contributed by atoms with Gasteiger partial charge < -0.3 is 10.1 Å². The lowest BCUT2D eigenvalue weighted by molar-refractivity contribution is 0.150. The van der Waals surface area contributed by atoms with Crippen molar-refractivity contribution in [2.75, 3.05) is 26.8 Å². The van der Waals surface area contributed by atoms with Crippen LogP contribution in [0.5, 0.6) is 0 Å². The molecule has 1 aromatic rings. The van der Waals surface area contributed by atoms with Crippen molar-refractivity contribution in [2.45, 2.75) is 12.8 Å². The molecule has 0 bridgehead atoms. The van der Waals surface area contributed by atoms with Gasteiger partial charge in [0.15, 0.2) is 0 Å². The van der Waals surface area contributed by atoms with Gasteiger partial charge in [-0.1, -0.05) is 5.21 Å². The van der Waals surface area contributed by atoms with E-state index in [0.29, 0.717) is 0 Å². The van der Waals surface area contributed by atoms with E-state index in [1.807, 2.05) is 20.3 Å². The zero-order chi connectivity index (χ0) is 10.7. The second-order valence-electron chi connectivity index (χ2n) is 4.39. The van der Waals surface area contributed by atoms with Crippen molar-refractivity contribution in [3.63, 3.8) is 0 Å².